The molecule has 0 saturated carbocycles. The first-order valence-electron chi connectivity index (χ1n) is 5.22. The lowest BCUT2D eigenvalue weighted by Gasteiger charge is -2.04. The van der Waals surface area contributed by atoms with E-state index < -0.39 is 0 Å². The fourth-order valence-electron chi connectivity index (χ4n) is 1.78. The first-order valence-corrected chi connectivity index (χ1v) is 7.01. The van der Waals surface area contributed by atoms with E-state index in [0.717, 1.165) is 21.9 Å². The molecule has 0 saturated heterocycles. The van der Waals surface area contributed by atoms with Crippen molar-refractivity contribution < 1.29 is 0 Å². The predicted octanol–water partition coefficient (Wildman–Crippen LogP) is 3.33. The number of hydrogen-bond acceptors (Lipinski definition) is 4. The van der Waals surface area contributed by atoms with Crippen LogP contribution in [0.1, 0.15) is 10.7 Å². The van der Waals surface area contributed by atoms with Crippen LogP contribution in [0.5, 0.6) is 0 Å². The van der Waals surface area contributed by atoms with Crippen LogP contribution >= 0.6 is 34.5 Å². The van der Waals surface area contributed by atoms with Crippen LogP contribution in [0.2, 0.25) is 5.02 Å². The van der Waals surface area contributed by atoms with Crippen LogP contribution in [0.3, 0.4) is 0 Å². The first-order chi connectivity index (χ1) is 8.78. The topological polar surface area (TPSA) is 43.6 Å². The number of pyridine rings is 1. The second-order valence-electron chi connectivity index (χ2n) is 3.71. The van der Waals surface area contributed by atoms with Crippen molar-refractivity contribution in [2.24, 2.45) is 0 Å². The summed E-state index contributed by atoms with van der Waals surface area (Å²) in [6.07, 6.45) is 3.46. The van der Waals surface area contributed by atoms with Crippen molar-refractivity contribution in [3.63, 3.8) is 0 Å². The predicted molar refractivity (Wildman–Crippen MR) is 73.3 cm³/mol. The molecule has 4 nitrogen and oxygen atoms in total. The molecule has 0 bridgehead atoms. The third-order valence-electron chi connectivity index (χ3n) is 2.55. The highest BCUT2D eigenvalue weighted by Crippen LogP contribution is 2.21. The first kappa shape index (κ1) is 11.9. The molecule has 3 aromatic rings. The van der Waals surface area contributed by atoms with Gasteiger partial charge in [0.15, 0.2) is 5.65 Å². The van der Waals surface area contributed by atoms with Gasteiger partial charge in [0.25, 0.3) is 0 Å². The molecule has 92 valence electrons. The van der Waals surface area contributed by atoms with E-state index in [-0.39, 0.29) is 0 Å². The molecule has 0 unspecified atom stereocenters. The second kappa shape index (κ2) is 4.84. The van der Waals surface area contributed by atoms with E-state index in [4.69, 9.17) is 23.2 Å². The Morgan fingerprint density at radius 1 is 1.33 bits per heavy atom. The maximum Gasteiger partial charge on any atom is 0.160 e. The van der Waals surface area contributed by atoms with Gasteiger partial charge in [0.05, 0.1) is 23.0 Å². The van der Waals surface area contributed by atoms with E-state index in [1.54, 1.807) is 29.1 Å². The summed E-state index contributed by atoms with van der Waals surface area (Å²) in [5.41, 5.74) is 3.37. The number of alkyl halides is 1. The standard InChI is InChI=1S/C11H8Cl2N4S/c12-2-10-16-9-1-7(13)3-15-11(9)17(10)5-8-4-14-6-18-8/h1,3-4,6H,2,5H2. The number of halogens is 2. The minimum Gasteiger partial charge on any atom is -0.306 e. The van der Waals surface area contributed by atoms with Crippen LogP contribution in [-0.4, -0.2) is 19.5 Å². The minimum atomic E-state index is 0.340. The lowest BCUT2D eigenvalue weighted by Crippen LogP contribution is -2.03. The molecule has 0 N–H and O–H groups in total. The number of imidazole rings is 1. The molecule has 0 amide bonds. The molecule has 3 rings (SSSR count). The smallest absolute Gasteiger partial charge is 0.160 e. The zero-order valence-electron chi connectivity index (χ0n) is 9.18. The molecule has 0 radical (unpaired) electrons. The van der Waals surface area contributed by atoms with Gasteiger partial charge in [0.1, 0.15) is 11.3 Å². The zero-order chi connectivity index (χ0) is 12.5. The highest BCUT2D eigenvalue weighted by Gasteiger charge is 2.12. The quantitative estimate of drug-likeness (QED) is 0.697. The van der Waals surface area contributed by atoms with Crippen molar-refractivity contribution in [2.75, 3.05) is 0 Å². The van der Waals surface area contributed by atoms with E-state index in [1.807, 2.05) is 10.8 Å². The van der Waals surface area contributed by atoms with Gasteiger partial charge in [-0.2, -0.15) is 0 Å². The monoisotopic (exact) mass is 298 g/mol. The summed E-state index contributed by atoms with van der Waals surface area (Å²) in [6, 6.07) is 1.79. The number of hydrogen-bond donors (Lipinski definition) is 0. The van der Waals surface area contributed by atoms with Gasteiger partial charge in [-0.25, -0.2) is 9.97 Å². The van der Waals surface area contributed by atoms with Crippen LogP contribution in [0.4, 0.5) is 0 Å². The second-order valence-corrected chi connectivity index (χ2v) is 5.39. The largest absolute Gasteiger partial charge is 0.306 e. The molecular formula is C11H8Cl2N4S. The minimum absolute atomic E-state index is 0.340. The Morgan fingerprint density at radius 2 is 2.22 bits per heavy atom. The summed E-state index contributed by atoms with van der Waals surface area (Å²) < 4.78 is 1.99. The third kappa shape index (κ3) is 2.09. The molecule has 0 aliphatic rings. The van der Waals surface area contributed by atoms with E-state index in [1.165, 1.54) is 0 Å². The fourth-order valence-corrected chi connectivity index (χ4v) is 2.72. The summed E-state index contributed by atoms with van der Waals surface area (Å²) in [5, 5.41) is 0.575. The maximum absolute atomic E-state index is 5.93. The van der Waals surface area contributed by atoms with Crippen molar-refractivity contribution in [3.05, 3.63) is 39.7 Å². The van der Waals surface area contributed by atoms with Crippen LogP contribution in [0.15, 0.2) is 24.0 Å². The highest BCUT2D eigenvalue weighted by molar-refractivity contribution is 7.09. The number of thiazole rings is 1. The molecule has 0 aliphatic heterocycles. The normalized spacial score (nSPS) is 11.2. The third-order valence-corrected chi connectivity index (χ3v) is 3.76. The molecule has 0 fully saturated rings. The van der Waals surface area contributed by atoms with E-state index in [0.29, 0.717) is 17.4 Å². The van der Waals surface area contributed by atoms with Crippen molar-refractivity contribution >= 4 is 45.7 Å². The molecule has 0 spiro atoms. The van der Waals surface area contributed by atoms with Crippen molar-refractivity contribution in [1.82, 2.24) is 19.5 Å². The van der Waals surface area contributed by atoms with Crippen LogP contribution in [0, 0.1) is 0 Å². The highest BCUT2D eigenvalue weighted by atomic mass is 35.5. The Hall–Kier alpha value is -1.17. The van der Waals surface area contributed by atoms with Gasteiger partial charge in [-0.05, 0) is 6.07 Å². The Bertz CT molecular complexity index is 678. The molecule has 18 heavy (non-hydrogen) atoms. The van der Waals surface area contributed by atoms with E-state index >= 15 is 0 Å². The summed E-state index contributed by atoms with van der Waals surface area (Å²) in [7, 11) is 0. The van der Waals surface area contributed by atoms with Crippen LogP contribution < -0.4 is 0 Å². The van der Waals surface area contributed by atoms with Gasteiger partial charge in [0, 0.05) is 17.3 Å². The van der Waals surface area contributed by atoms with Crippen molar-refractivity contribution in [3.8, 4) is 0 Å². The lowest BCUT2D eigenvalue weighted by molar-refractivity contribution is 0.779. The Balaban J connectivity index is 2.13. The van der Waals surface area contributed by atoms with E-state index in [2.05, 4.69) is 15.0 Å². The maximum atomic E-state index is 5.93. The number of rotatable bonds is 3. The van der Waals surface area contributed by atoms with Crippen LogP contribution in [-0.2, 0) is 12.4 Å². The number of fused-ring (bicyclic) bond motifs is 1. The Labute approximate surface area is 117 Å². The molecule has 3 aromatic heterocycles. The molecule has 0 aliphatic carbocycles. The number of aromatic nitrogens is 4. The van der Waals surface area contributed by atoms with Gasteiger partial charge in [-0.15, -0.1) is 22.9 Å². The number of nitrogens with zero attached hydrogens (tertiary/aromatic N) is 4. The summed E-state index contributed by atoms with van der Waals surface area (Å²) >= 11 is 13.4. The van der Waals surface area contributed by atoms with Crippen molar-refractivity contribution in [1.29, 1.82) is 0 Å². The van der Waals surface area contributed by atoms with Crippen LogP contribution in [0.25, 0.3) is 11.2 Å². The zero-order valence-corrected chi connectivity index (χ0v) is 11.5. The van der Waals surface area contributed by atoms with Gasteiger partial charge >= 0.3 is 0 Å². The molecular weight excluding hydrogens is 291 g/mol. The summed E-state index contributed by atoms with van der Waals surface area (Å²) in [5.74, 6) is 1.13. The Kier molecular flexibility index (Phi) is 3.20. The average molecular weight is 299 g/mol. The van der Waals surface area contributed by atoms with Gasteiger partial charge < -0.3 is 4.57 Å². The van der Waals surface area contributed by atoms with Gasteiger partial charge in [-0.3, -0.25) is 4.98 Å². The SMILES string of the molecule is ClCc1nc2cc(Cl)cnc2n1Cc1cncs1. The van der Waals surface area contributed by atoms with E-state index in [9.17, 15) is 0 Å². The molecule has 0 aromatic carbocycles. The summed E-state index contributed by atoms with van der Waals surface area (Å²) in [6.45, 7) is 0.678. The summed E-state index contributed by atoms with van der Waals surface area (Å²) in [4.78, 5) is 14.0. The van der Waals surface area contributed by atoms with Gasteiger partial charge in [-0.1, -0.05) is 11.6 Å². The van der Waals surface area contributed by atoms with Crippen molar-refractivity contribution in [2.45, 2.75) is 12.4 Å². The van der Waals surface area contributed by atoms with Gasteiger partial charge in [0.2, 0.25) is 0 Å². The lowest BCUT2D eigenvalue weighted by atomic mass is 10.4. The molecule has 0 atom stereocenters. The molecule has 7 heteroatoms. The fraction of sp³-hybridized carbons (Fsp3) is 0.182. The molecule has 3 heterocycles. The average Bonchev–Trinajstić information content (AvgIpc) is 2.97. The Morgan fingerprint density at radius 3 is 2.94 bits per heavy atom.